The van der Waals surface area contributed by atoms with Crippen LogP contribution in [0.5, 0.6) is 0 Å². The molecule has 0 bridgehead atoms. The molecule has 1 rings (SSSR count). The number of benzene rings is 1. The van der Waals surface area contributed by atoms with Crippen LogP contribution in [0.25, 0.3) is 0 Å². The van der Waals surface area contributed by atoms with E-state index in [1.54, 1.807) is 13.0 Å². The van der Waals surface area contributed by atoms with Crippen LogP contribution in [0.4, 0.5) is 0 Å². The van der Waals surface area contributed by atoms with Gasteiger partial charge in [0.1, 0.15) is 0 Å². The molecule has 0 heterocycles. The molecule has 0 aromatic heterocycles. The van der Waals surface area contributed by atoms with E-state index in [0.29, 0.717) is 12.3 Å². The summed E-state index contributed by atoms with van der Waals surface area (Å²) in [4.78, 5) is 23.4. The Morgan fingerprint density at radius 2 is 1.90 bits per heavy atom. The third-order valence-corrected chi connectivity index (χ3v) is 3.10. The lowest BCUT2D eigenvalue weighted by Gasteiger charge is -2.16. The van der Waals surface area contributed by atoms with Crippen molar-refractivity contribution < 1.29 is 19.4 Å². The summed E-state index contributed by atoms with van der Waals surface area (Å²) in [7, 11) is 0. The van der Waals surface area contributed by atoms with Crippen LogP contribution < -0.4 is 0 Å². The van der Waals surface area contributed by atoms with Gasteiger partial charge in [-0.05, 0) is 42.9 Å². The maximum absolute atomic E-state index is 11.9. The molecule has 4 heteroatoms. The fraction of sp³-hybridized carbons (Fsp3) is 0.500. The second kappa shape index (κ2) is 7.08. The molecule has 0 unspecified atom stereocenters. The van der Waals surface area contributed by atoms with Crippen LogP contribution in [0.15, 0.2) is 12.1 Å². The van der Waals surface area contributed by atoms with E-state index in [9.17, 15) is 14.7 Å². The van der Waals surface area contributed by atoms with Gasteiger partial charge < -0.3 is 9.84 Å². The summed E-state index contributed by atoms with van der Waals surface area (Å²) >= 11 is 0. The van der Waals surface area contributed by atoms with Crippen molar-refractivity contribution in [2.24, 2.45) is 5.92 Å². The predicted molar refractivity (Wildman–Crippen MR) is 77.3 cm³/mol. The van der Waals surface area contributed by atoms with E-state index >= 15 is 0 Å². The molecule has 0 aliphatic heterocycles. The van der Waals surface area contributed by atoms with Crippen molar-refractivity contribution in [1.29, 1.82) is 0 Å². The normalized spacial score (nSPS) is 10.7. The molecule has 0 amide bonds. The lowest BCUT2D eigenvalue weighted by molar-refractivity contribution is 0.0514. The zero-order chi connectivity index (χ0) is 15.3. The van der Waals surface area contributed by atoms with Crippen molar-refractivity contribution in [3.8, 4) is 0 Å². The van der Waals surface area contributed by atoms with E-state index in [1.165, 1.54) is 0 Å². The van der Waals surface area contributed by atoms with Crippen LogP contribution in [-0.4, -0.2) is 23.7 Å². The number of esters is 1. The van der Waals surface area contributed by atoms with Gasteiger partial charge in [0.2, 0.25) is 0 Å². The third kappa shape index (κ3) is 3.59. The summed E-state index contributed by atoms with van der Waals surface area (Å²) in [6.07, 6.45) is 1.38. The second-order valence-corrected chi connectivity index (χ2v) is 5.10. The summed E-state index contributed by atoms with van der Waals surface area (Å²) in [5.74, 6) is -1.22. The van der Waals surface area contributed by atoms with E-state index in [-0.39, 0.29) is 17.7 Å². The molecule has 0 aliphatic carbocycles. The average molecular weight is 278 g/mol. The van der Waals surface area contributed by atoms with Crippen molar-refractivity contribution in [2.45, 2.75) is 40.5 Å². The van der Waals surface area contributed by atoms with Gasteiger partial charge in [0.25, 0.3) is 0 Å². The fourth-order valence-corrected chi connectivity index (χ4v) is 2.35. The molecule has 0 aliphatic rings. The minimum absolute atomic E-state index is 0.0871. The van der Waals surface area contributed by atoms with Gasteiger partial charge >= 0.3 is 11.9 Å². The number of ether oxygens (including phenoxy) is 1. The van der Waals surface area contributed by atoms with Gasteiger partial charge in [0, 0.05) is 0 Å². The smallest absolute Gasteiger partial charge is 0.339 e. The molecule has 110 valence electrons. The van der Waals surface area contributed by atoms with Gasteiger partial charge in [-0.15, -0.1) is 0 Å². The lowest BCUT2D eigenvalue weighted by Crippen LogP contribution is -2.16. The number of rotatable bonds is 6. The van der Waals surface area contributed by atoms with E-state index in [1.807, 2.05) is 13.0 Å². The lowest BCUT2D eigenvalue weighted by atomic mass is 9.90. The van der Waals surface area contributed by atoms with Crippen LogP contribution in [0.2, 0.25) is 0 Å². The molecule has 0 radical (unpaired) electrons. The van der Waals surface area contributed by atoms with E-state index < -0.39 is 11.9 Å². The van der Waals surface area contributed by atoms with Gasteiger partial charge in [-0.2, -0.15) is 0 Å². The van der Waals surface area contributed by atoms with Crippen molar-refractivity contribution in [3.05, 3.63) is 34.4 Å². The number of aromatic carboxylic acids is 1. The zero-order valence-corrected chi connectivity index (χ0v) is 12.5. The second-order valence-electron chi connectivity index (χ2n) is 5.10. The highest BCUT2D eigenvalue weighted by Crippen LogP contribution is 2.23. The number of carbonyl (C=O) groups excluding carboxylic acids is 1. The fourth-order valence-electron chi connectivity index (χ4n) is 2.35. The highest BCUT2D eigenvalue weighted by Gasteiger charge is 2.23. The summed E-state index contributed by atoms with van der Waals surface area (Å²) in [5.41, 5.74) is 1.96. The van der Waals surface area contributed by atoms with Gasteiger partial charge in [-0.25, -0.2) is 9.59 Å². The van der Waals surface area contributed by atoms with Gasteiger partial charge in [-0.3, -0.25) is 0 Å². The zero-order valence-electron chi connectivity index (χ0n) is 12.5. The Hall–Kier alpha value is -1.84. The van der Waals surface area contributed by atoms with Crippen LogP contribution >= 0.6 is 0 Å². The minimum Gasteiger partial charge on any atom is -0.478 e. The van der Waals surface area contributed by atoms with Crippen LogP contribution in [0, 0.1) is 5.92 Å². The van der Waals surface area contributed by atoms with Crippen LogP contribution in [0.3, 0.4) is 0 Å². The average Bonchev–Trinajstić information content (AvgIpc) is 2.37. The first-order chi connectivity index (χ1) is 9.42. The van der Waals surface area contributed by atoms with Crippen LogP contribution in [0.1, 0.15) is 59.5 Å². The number of carbonyl (C=O) groups is 2. The monoisotopic (exact) mass is 278 g/mol. The Labute approximate surface area is 119 Å². The summed E-state index contributed by atoms with van der Waals surface area (Å²) in [5, 5.41) is 9.45. The molecule has 4 nitrogen and oxygen atoms in total. The molecule has 20 heavy (non-hydrogen) atoms. The van der Waals surface area contributed by atoms with E-state index in [2.05, 4.69) is 13.8 Å². The predicted octanol–water partition coefficient (Wildman–Crippen LogP) is 3.32. The molecule has 1 N–H and O–H groups in total. The Kier molecular flexibility index (Phi) is 5.74. The van der Waals surface area contributed by atoms with Gasteiger partial charge in [0.05, 0.1) is 17.7 Å². The first-order valence-corrected chi connectivity index (χ1v) is 6.97. The molecular weight excluding hydrogens is 256 g/mol. The Morgan fingerprint density at radius 1 is 1.25 bits per heavy atom. The van der Waals surface area contributed by atoms with Crippen molar-refractivity contribution >= 4 is 11.9 Å². The number of hydrogen-bond donors (Lipinski definition) is 1. The number of carboxylic acid groups (broad SMARTS) is 1. The summed E-state index contributed by atoms with van der Waals surface area (Å²) < 4.78 is 4.94. The number of hydrogen-bond acceptors (Lipinski definition) is 3. The molecule has 0 atom stereocenters. The van der Waals surface area contributed by atoms with Crippen molar-refractivity contribution in [3.63, 3.8) is 0 Å². The SMILES string of the molecule is CCOC(=O)c1ccc(CC(C)C)c(CC)c1C(=O)O. The minimum atomic E-state index is -1.07. The standard InChI is InChI=1S/C16H22O4/c1-5-12-11(9-10(3)4)7-8-13(14(12)15(17)18)16(19)20-6-2/h7-8,10H,5-6,9H2,1-4H3,(H,17,18). The third-order valence-electron chi connectivity index (χ3n) is 3.10. The molecule has 1 aromatic rings. The highest BCUT2D eigenvalue weighted by atomic mass is 16.5. The molecule has 0 fully saturated rings. The van der Waals surface area contributed by atoms with E-state index in [4.69, 9.17) is 4.74 Å². The Bertz CT molecular complexity index is 503. The van der Waals surface area contributed by atoms with Gasteiger partial charge in [0.15, 0.2) is 0 Å². The van der Waals surface area contributed by atoms with E-state index in [0.717, 1.165) is 17.5 Å². The van der Waals surface area contributed by atoms with Crippen LogP contribution in [-0.2, 0) is 17.6 Å². The quantitative estimate of drug-likeness (QED) is 0.811. The molecule has 0 saturated heterocycles. The van der Waals surface area contributed by atoms with Crippen molar-refractivity contribution in [2.75, 3.05) is 6.61 Å². The van der Waals surface area contributed by atoms with Gasteiger partial charge in [-0.1, -0.05) is 26.8 Å². The van der Waals surface area contributed by atoms with Crippen molar-refractivity contribution in [1.82, 2.24) is 0 Å². The Balaban J connectivity index is 3.41. The molecule has 0 spiro atoms. The largest absolute Gasteiger partial charge is 0.478 e. The molecule has 1 aromatic carbocycles. The molecular formula is C16H22O4. The maximum atomic E-state index is 11.9. The maximum Gasteiger partial charge on any atom is 0.339 e. The summed E-state index contributed by atoms with van der Waals surface area (Å²) in [6.45, 7) is 8.00. The topological polar surface area (TPSA) is 63.6 Å². The Morgan fingerprint density at radius 3 is 2.35 bits per heavy atom. The molecule has 0 saturated carbocycles. The summed E-state index contributed by atoms with van der Waals surface area (Å²) in [6, 6.07) is 3.41. The first-order valence-electron chi connectivity index (χ1n) is 6.97. The highest BCUT2D eigenvalue weighted by molar-refractivity contribution is 6.03. The first kappa shape index (κ1) is 16.2. The number of carboxylic acids is 1.